The predicted octanol–water partition coefficient (Wildman–Crippen LogP) is 2.95. The number of hydrogen-bond donors (Lipinski definition) is 2. The average Bonchev–Trinajstić information content (AvgIpc) is 3.47. The number of furan rings is 1. The molecule has 34 heavy (non-hydrogen) atoms. The van der Waals surface area contributed by atoms with E-state index in [0.29, 0.717) is 12.2 Å². The number of nitrogens with zero attached hydrogens (tertiary/aromatic N) is 2. The number of amides is 1. The van der Waals surface area contributed by atoms with Crippen molar-refractivity contribution < 1.29 is 24.2 Å². The molecule has 1 saturated heterocycles. The lowest BCUT2D eigenvalue weighted by Gasteiger charge is -2.66. The highest BCUT2D eigenvalue weighted by Crippen LogP contribution is 2.67. The number of likely N-dealkylation sites (N-methyl/N-ethyl adjacent to an activating group) is 2. The van der Waals surface area contributed by atoms with Gasteiger partial charge in [-0.25, -0.2) is 0 Å². The maximum atomic E-state index is 13.3. The first-order valence-electron chi connectivity index (χ1n) is 12.2. The number of carbonyl (C=O) groups is 1. The number of aliphatic hydroxyl groups is 1. The van der Waals surface area contributed by atoms with Gasteiger partial charge in [0, 0.05) is 30.3 Å². The van der Waals surface area contributed by atoms with Crippen LogP contribution in [0.3, 0.4) is 0 Å². The van der Waals surface area contributed by atoms with Crippen molar-refractivity contribution >= 4 is 12.0 Å². The average molecular weight is 465 g/mol. The molecule has 2 N–H and O–H groups in total. The number of phenolic OH excluding ortho intramolecular Hbond substituents is 1. The summed E-state index contributed by atoms with van der Waals surface area (Å²) >= 11 is 0. The van der Waals surface area contributed by atoms with Gasteiger partial charge >= 0.3 is 0 Å². The Morgan fingerprint density at radius 2 is 2.18 bits per heavy atom. The number of likely N-dealkylation sites (tertiary alicyclic amines) is 1. The van der Waals surface area contributed by atoms with E-state index >= 15 is 0 Å². The Hall–Kier alpha value is -2.77. The highest BCUT2D eigenvalue weighted by molar-refractivity contribution is 5.92. The van der Waals surface area contributed by atoms with Gasteiger partial charge in [0.1, 0.15) is 6.10 Å². The van der Waals surface area contributed by atoms with E-state index in [4.69, 9.17) is 9.15 Å². The normalized spacial score (nSPS) is 35.8. The van der Waals surface area contributed by atoms with Crippen molar-refractivity contribution in [2.24, 2.45) is 5.92 Å². The number of aromatic hydroxyl groups is 1. The third kappa shape index (κ3) is 2.57. The van der Waals surface area contributed by atoms with E-state index in [1.807, 2.05) is 13.1 Å². The number of carbonyl (C=O) groups excluding carboxylic acids is 1. The van der Waals surface area contributed by atoms with Crippen molar-refractivity contribution in [1.82, 2.24) is 9.80 Å². The van der Waals surface area contributed by atoms with E-state index in [9.17, 15) is 15.0 Å². The van der Waals surface area contributed by atoms with E-state index in [2.05, 4.69) is 18.9 Å². The summed E-state index contributed by atoms with van der Waals surface area (Å²) in [6, 6.07) is 5.24. The van der Waals surface area contributed by atoms with Crippen LogP contribution in [-0.2, 0) is 16.6 Å². The summed E-state index contributed by atoms with van der Waals surface area (Å²) in [5.41, 5.74) is 1.30. The van der Waals surface area contributed by atoms with Crippen LogP contribution in [0, 0.1) is 5.92 Å². The fourth-order valence-electron chi connectivity index (χ4n) is 7.61. The standard InChI is InChI=1S/C27H32N2O5/c1-4-18-14-19(29(3)22(31)8-5-16-9-12-33-15-16)25-26-10-11-28(2)21(27(18,26)32)13-17-6-7-20(30)24(34-25)23(17)26/h5-9,12,15,18-19,21,25,30,32H,4,10-11,13-14H2,1-3H3/b8-5+/t18-,19+,21+,25-,26-,27+/m0/s1. The monoisotopic (exact) mass is 464 g/mol. The molecular formula is C27H32N2O5. The zero-order valence-corrected chi connectivity index (χ0v) is 19.9. The summed E-state index contributed by atoms with van der Waals surface area (Å²) in [4.78, 5) is 17.3. The molecule has 180 valence electrons. The Kier molecular flexibility index (Phi) is 4.71. The lowest BCUT2D eigenvalue weighted by molar-refractivity contribution is -0.224. The van der Waals surface area contributed by atoms with Crippen molar-refractivity contribution in [1.29, 1.82) is 0 Å². The number of rotatable bonds is 4. The first kappa shape index (κ1) is 21.7. The molecule has 6 atom stereocenters. The number of phenols is 1. The van der Waals surface area contributed by atoms with Gasteiger partial charge < -0.3 is 29.2 Å². The molecule has 1 aromatic heterocycles. The second-order valence-corrected chi connectivity index (χ2v) is 10.5. The molecule has 3 heterocycles. The SMILES string of the molecule is CC[C@H]1C[C@@H](N(C)C(=O)/C=C/c2ccoc2)[C@@H]2Oc3c(O)ccc4c3[C@@]23CCN(C)[C@H](C4)[C@]13O. The third-order valence-corrected chi connectivity index (χ3v) is 9.22. The van der Waals surface area contributed by atoms with Gasteiger partial charge in [0.2, 0.25) is 5.91 Å². The fraction of sp³-hybridized carbons (Fsp3) is 0.519. The van der Waals surface area contributed by atoms with Crippen LogP contribution in [0.1, 0.15) is 42.9 Å². The first-order chi connectivity index (χ1) is 16.3. The molecule has 1 aromatic carbocycles. The molecule has 7 heteroatoms. The molecule has 1 spiro atoms. The van der Waals surface area contributed by atoms with Crippen molar-refractivity contribution in [3.8, 4) is 11.5 Å². The molecule has 2 fully saturated rings. The number of hydrogen-bond acceptors (Lipinski definition) is 6. The fourth-order valence-corrected chi connectivity index (χ4v) is 7.61. The van der Waals surface area contributed by atoms with Crippen LogP contribution in [0.2, 0.25) is 0 Å². The number of ether oxygens (including phenoxy) is 1. The Bertz CT molecular complexity index is 1160. The molecule has 7 nitrogen and oxygen atoms in total. The zero-order valence-electron chi connectivity index (χ0n) is 19.9. The van der Waals surface area contributed by atoms with Gasteiger partial charge in [0.15, 0.2) is 11.5 Å². The van der Waals surface area contributed by atoms with Crippen molar-refractivity contribution in [3.63, 3.8) is 0 Å². The number of benzene rings is 1. The largest absolute Gasteiger partial charge is 0.504 e. The molecule has 2 aliphatic heterocycles. The molecule has 4 aliphatic rings. The van der Waals surface area contributed by atoms with Crippen molar-refractivity contribution in [2.75, 3.05) is 20.6 Å². The molecule has 2 bridgehead atoms. The molecule has 0 radical (unpaired) electrons. The molecule has 6 rings (SSSR count). The molecule has 1 amide bonds. The van der Waals surface area contributed by atoms with Crippen LogP contribution < -0.4 is 4.74 Å². The minimum absolute atomic E-state index is 0.000322. The van der Waals surface area contributed by atoms with Crippen LogP contribution in [0.25, 0.3) is 6.08 Å². The summed E-state index contributed by atoms with van der Waals surface area (Å²) < 4.78 is 11.7. The van der Waals surface area contributed by atoms with E-state index in [-0.39, 0.29) is 29.7 Å². The summed E-state index contributed by atoms with van der Waals surface area (Å²) in [7, 11) is 3.92. The highest BCUT2D eigenvalue weighted by atomic mass is 16.5. The minimum Gasteiger partial charge on any atom is -0.504 e. The van der Waals surface area contributed by atoms with Crippen LogP contribution in [0.15, 0.2) is 41.2 Å². The van der Waals surface area contributed by atoms with Crippen molar-refractivity contribution in [3.05, 3.63) is 53.5 Å². The Morgan fingerprint density at radius 1 is 1.35 bits per heavy atom. The summed E-state index contributed by atoms with van der Waals surface area (Å²) in [6.07, 6.45) is 8.98. The van der Waals surface area contributed by atoms with Crippen LogP contribution in [-0.4, -0.2) is 70.3 Å². The maximum Gasteiger partial charge on any atom is 0.246 e. The smallest absolute Gasteiger partial charge is 0.246 e. The minimum atomic E-state index is -0.988. The summed E-state index contributed by atoms with van der Waals surface area (Å²) in [6.45, 7) is 2.96. The van der Waals surface area contributed by atoms with E-state index in [0.717, 1.165) is 42.5 Å². The first-order valence-corrected chi connectivity index (χ1v) is 12.2. The summed E-state index contributed by atoms with van der Waals surface area (Å²) in [5.74, 6) is 0.496. The quantitative estimate of drug-likeness (QED) is 0.677. The van der Waals surface area contributed by atoms with Crippen molar-refractivity contribution in [2.45, 2.75) is 61.8 Å². The van der Waals surface area contributed by atoms with E-state index in [1.165, 1.54) is 0 Å². The molecule has 2 aromatic rings. The Balaban J connectivity index is 1.47. The van der Waals surface area contributed by atoms with Gasteiger partial charge in [-0.05, 0) is 62.5 Å². The number of piperidine rings is 1. The van der Waals surface area contributed by atoms with Gasteiger partial charge in [-0.15, -0.1) is 0 Å². The van der Waals surface area contributed by atoms with E-state index in [1.54, 1.807) is 41.7 Å². The lowest BCUT2D eigenvalue weighted by atomic mass is 9.45. The maximum absolute atomic E-state index is 13.3. The Labute approximate surface area is 199 Å². The van der Waals surface area contributed by atoms with Gasteiger partial charge in [-0.2, -0.15) is 0 Å². The van der Waals surface area contributed by atoms with Gasteiger partial charge in [-0.3, -0.25) is 4.79 Å². The van der Waals surface area contributed by atoms with Gasteiger partial charge in [0.25, 0.3) is 0 Å². The second kappa shape index (κ2) is 7.36. The topological polar surface area (TPSA) is 86.4 Å². The second-order valence-electron chi connectivity index (χ2n) is 10.5. The molecular weight excluding hydrogens is 432 g/mol. The lowest BCUT2D eigenvalue weighted by Crippen LogP contribution is -2.80. The molecule has 2 aliphatic carbocycles. The third-order valence-electron chi connectivity index (χ3n) is 9.22. The Morgan fingerprint density at radius 3 is 2.91 bits per heavy atom. The summed E-state index contributed by atoms with van der Waals surface area (Å²) in [5, 5.41) is 23.4. The zero-order chi connectivity index (χ0) is 23.8. The van der Waals surface area contributed by atoms with Gasteiger partial charge in [0.05, 0.1) is 29.6 Å². The van der Waals surface area contributed by atoms with Crippen LogP contribution in [0.5, 0.6) is 11.5 Å². The van der Waals surface area contributed by atoms with Crippen LogP contribution in [0.4, 0.5) is 0 Å². The van der Waals surface area contributed by atoms with Crippen LogP contribution >= 0.6 is 0 Å². The predicted molar refractivity (Wildman–Crippen MR) is 127 cm³/mol. The molecule has 1 saturated carbocycles. The molecule has 0 unspecified atom stereocenters. The highest BCUT2D eigenvalue weighted by Gasteiger charge is 2.75. The van der Waals surface area contributed by atoms with Gasteiger partial charge in [-0.1, -0.05) is 19.4 Å². The van der Waals surface area contributed by atoms with E-state index < -0.39 is 17.1 Å².